The first-order chi connectivity index (χ1) is 1.00. The third-order valence-corrected chi connectivity index (χ3v) is 0. The van der Waals surface area contributed by atoms with Crippen molar-refractivity contribution in [1.29, 1.82) is 0 Å². The van der Waals surface area contributed by atoms with Crippen LogP contribution >= 0.6 is 0 Å². The van der Waals surface area contributed by atoms with Gasteiger partial charge in [-0.25, -0.2) is 0 Å². The van der Waals surface area contributed by atoms with Gasteiger partial charge in [-0.3, -0.25) is 0 Å². The second-order valence-electron chi connectivity index (χ2n) is 0. The van der Waals surface area contributed by atoms with Gasteiger partial charge in [-0.2, -0.15) is 0 Å². The van der Waals surface area contributed by atoms with Crippen LogP contribution in [0.5, 0.6) is 0 Å². The quantitative estimate of drug-likeness (QED) is 0.371. The topological polar surface area (TPSA) is 17.1 Å². The van der Waals surface area contributed by atoms with Gasteiger partial charge < -0.3 is 1.43 Å². The van der Waals surface area contributed by atoms with Gasteiger partial charge in [0, 0.05) is 34.1 Å². The van der Waals surface area contributed by atoms with Crippen LogP contribution in [0, 0.1) is 0 Å². The van der Waals surface area contributed by atoms with Gasteiger partial charge in [0.25, 0.3) is 0 Å². The average molecular weight is 190 g/mol. The first-order valence-corrected chi connectivity index (χ1v) is 0.636. The van der Waals surface area contributed by atoms with E-state index in [4.69, 9.17) is 3.83 Å². The molecule has 0 saturated heterocycles. The van der Waals surface area contributed by atoms with Gasteiger partial charge in [-0.05, 0) is 0 Å². The molecule has 0 aliphatic heterocycles. The van der Waals surface area contributed by atoms with Crippen molar-refractivity contribution >= 4 is 0 Å². The monoisotopic (exact) mass is 190 g/mol. The van der Waals surface area contributed by atoms with Crippen LogP contribution in [0.2, 0.25) is 0 Å². The molecule has 0 N–H and O–H groups in total. The third kappa shape index (κ3) is 24.4. The fraction of sp³-hybridized carbons (Fsp3) is 0. The van der Waals surface area contributed by atoms with Gasteiger partial charge >= 0.3 is 38.6 Å². The zero-order valence-electron chi connectivity index (χ0n) is 3.52. The Labute approximate surface area is 73.7 Å². The van der Waals surface area contributed by atoms with Crippen molar-refractivity contribution in [3.63, 3.8) is 0 Å². The van der Waals surface area contributed by atoms with Crippen LogP contribution < -0.4 is 18.9 Å². The SMILES string of the molecule is [Fe].[H-].[Li+].[Mn].[O]=[Mn]. The van der Waals surface area contributed by atoms with Crippen molar-refractivity contribution in [3.8, 4) is 0 Å². The van der Waals surface area contributed by atoms with Crippen molar-refractivity contribution in [3.05, 3.63) is 0 Å². The second kappa shape index (κ2) is 38.2. The molecule has 0 aromatic carbocycles. The fourth-order valence-corrected chi connectivity index (χ4v) is 0. The van der Waals surface area contributed by atoms with E-state index in [1.165, 1.54) is 0 Å². The zero-order chi connectivity index (χ0) is 2.00. The Morgan fingerprint density at radius 1 is 1.40 bits per heavy atom. The fourth-order valence-electron chi connectivity index (χ4n) is 0. The van der Waals surface area contributed by atoms with Crippen LogP contribution in [0.15, 0.2) is 0 Å². The van der Waals surface area contributed by atoms with E-state index >= 15 is 0 Å². The summed E-state index contributed by atoms with van der Waals surface area (Å²) in [7, 11) is 0. The van der Waals surface area contributed by atoms with E-state index in [1.807, 2.05) is 0 Å². The van der Waals surface area contributed by atoms with Crippen molar-refractivity contribution < 1.29 is 74.2 Å². The maximum atomic E-state index is 8.06. The van der Waals surface area contributed by atoms with E-state index in [9.17, 15) is 0 Å². The van der Waals surface area contributed by atoms with E-state index < -0.39 is 0 Å². The Balaban J connectivity index is -0.000000000833. The molecule has 0 aliphatic carbocycles. The van der Waals surface area contributed by atoms with Crippen LogP contribution in [-0.2, 0) is 53.9 Å². The van der Waals surface area contributed by atoms with Crippen LogP contribution in [0.25, 0.3) is 0 Å². The molecule has 30 valence electrons. The minimum atomic E-state index is 0. The molecular weight excluding hydrogens is 189 g/mol. The molecule has 0 aromatic rings. The van der Waals surface area contributed by atoms with Crippen molar-refractivity contribution in [2.24, 2.45) is 0 Å². The Morgan fingerprint density at radius 2 is 1.40 bits per heavy atom. The van der Waals surface area contributed by atoms with Gasteiger partial charge in [0.05, 0.1) is 0 Å². The van der Waals surface area contributed by atoms with E-state index in [-0.39, 0.29) is 54.4 Å². The van der Waals surface area contributed by atoms with Crippen molar-refractivity contribution in [2.45, 2.75) is 0 Å². The maximum absolute atomic E-state index is 8.06. The first-order valence-electron chi connectivity index (χ1n) is 0.154. The van der Waals surface area contributed by atoms with Crippen LogP contribution in [0.3, 0.4) is 0 Å². The van der Waals surface area contributed by atoms with Crippen molar-refractivity contribution in [1.82, 2.24) is 0 Å². The Morgan fingerprint density at radius 3 is 1.40 bits per heavy atom. The minimum absolute atomic E-state index is 0. The summed E-state index contributed by atoms with van der Waals surface area (Å²) in [6, 6.07) is 0. The van der Waals surface area contributed by atoms with E-state index in [1.54, 1.807) is 15.9 Å². The summed E-state index contributed by atoms with van der Waals surface area (Å²) in [4.78, 5) is 0. The molecule has 0 saturated carbocycles. The van der Waals surface area contributed by atoms with E-state index in [0.717, 1.165) is 0 Å². The summed E-state index contributed by atoms with van der Waals surface area (Å²) in [5, 5.41) is 0. The Bertz CT molecular complexity index is 13.5. The molecule has 0 aromatic heterocycles. The zero-order valence-corrected chi connectivity index (χ0v) is 5.98. The van der Waals surface area contributed by atoms with Crippen LogP contribution in [0.4, 0.5) is 0 Å². The van der Waals surface area contributed by atoms with E-state index in [2.05, 4.69) is 0 Å². The summed E-state index contributed by atoms with van der Waals surface area (Å²) < 4.78 is 8.06. The summed E-state index contributed by atoms with van der Waals surface area (Å²) >= 11 is 1.69. The van der Waals surface area contributed by atoms with Gasteiger partial charge in [-0.1, -0.05) is 0 Å². The Kier molecular flexibility index (Phi) is 216. The first kappa shape index (κ1) is 28.2. The molecular formula is HFeLiMn2O. The summed E-state index contributed by atoms with van der Waals surface area (Å²) in [5.41, 5.74) is 0. The molecule has 5 heteroatoms. The third-order valence-electron chi connectivity index (χ3n) is 0. The standard InChI is InChI=1S/Fe.Li.2Mn.O.H/q;+1;;;;-1. The molecule has 0 heterocycles. The van der Waals surface area contributed by atoms with Crippen LogP contribution in [-0.4, -0.2) is 0 Å². The normalized spacial score (nSPS) is 0.800. The van der Waals surface area contributed by atoms with Gasteiger partial charge in [0.2, 0.25) is 0 Å². The molecule has 0 atom stereocenters. The number of rotatable bonds is 0. The molecule has 1 nitrogen and oxygen atoms in total. The predicted molar refractivity (Wildman–Crippen MR) is 1.80 cm³/mol. The second-order valence-corrected chi connectivity index (χ2v) is 0. The summed E-state index contributed by atoms with van der Waals surface area (Å²) in [5.74, 6) is 0. The molecule has 0 amide bonds. The summed E-state index contributed by atoms with van der Waals surface area (Å²) in [6.45, 7) is 0. The molecule has 0 aliphatic rings. The van der Waals surface area contributed by atoms with Crippen LogP contribution in [0.1, 0.15) is 1.43 Å². The van der Waals surface area contributed by atoms with Crippen molar-refractivity contribution in [2.75, 3.05) is 0 Å². The molecule has 0 fully saturated rings. The molecule has 0 bridgehead atoms. The summed E-state index contributed by atoms with van der Waals surface area (Å²) in [6.07, 6.45) is 0. The molecule has 0 unspecified atom stereocenters. The molecule has 0 spiro atoms. The predicted octanol–water partition coefficient (Wildman–Crippen LogP) is -3.01. The van der Waals surface area contributed by atoms with Gasteiger partial charge in [0.15, 0.2) is 0 Å². The average Bonchev–Trinajstić information content (AvgIpc) is 1.00. The molecule has 5 heavy (non-hydrogen) atoms. The van der Waals surface area contributed by atoms with Gasteiger partial charge in [-0.15, -0.1) is 0 Å². The molecule has 0 rings (SSSR count). The Hall–Kier alpha value is 1.96. The number of hydrogen-bond acceptors (Lipinski definition) is 1. The number of hydrogen-bond donors (Lipinski definition) is 0. The molecule has 1 radical (unpaired) electrons. The van der Waals surface area contributed by atoms with E-state index in [0.29, 0.717) is 0 Å². The van der Waals surface area contributed by atoms with Gasteiger partial charge in [0.1, 0.15) is 0 Å².